The van der Waals surface area contributed by atoms with Crippen molar-refractivity contribution in [3.05, 3.63) is 51.8 Å². The van der Waals surface area contributed by atoms with Gasteiger partial charge in [-0.25, -0.2) is 0 Å². The molecule has 104 valence electrons. The second-order valence-corrected chi connectivity index (χ2v) is 4.24. The molecule has 1 aromatic carbocycles. The molecule has 0 saturated heterocycles. The van der Waals surface area contributed by atoms with Crippen LogP contribution in [0.25, 0.3) is 0 Å². The number of nitrogens with one attached hydrogen (secondary N) is 1. The predicted molar refractivity (Wildman–Crippen MR) is 73.7 cm³/mol. The highest BCUT2D eigenvalue weighted by molar-refractivity contribution is 6.04. The molecule has 1 heterocycles. The van der Waals surface area contributed by atoms with Gasteiger partial charge in [-0.1, -0.05) is 0 Å². The first-order chi connectivity index (χ1) is 9.51. The van der Waals surface area contributed by atoms with Gasteiger partial charge in [-0.05, 0) is 26.0 Å². The van der Waals surface area contributed by atoms with E-state index in [2.05, 4.69) is 10.4 Å². The van der Waals surface area contributed by atoms with Crippen molar-refractivity contribution in [3.63, 3.8) is 0 Å². The zero-order valence-electron chi connectivity index (χ0n) is 11.2. The number of hydrogen-bond donors (Lipinski definition) is 1. The number of nitro benzene ring substituents is 1. The van der Waals surface area contributed by atoms with Crippen LogP contribution in [0.5, 0.6) is 0 Å². The Labute approximate surface area is 115 Å². The molecular weight excluding hydrogens is 260 g/mol. The van der Waals surface area contributed by atoms with Crippen LogP contribution in [0.4, 0.5) is 11.4 Å². The number of aryl methyl sites for hydroxylation is 2. The zero-order valence-corrected chi connectivity index (χ0v) is 11.2. The molecule has 7 nitrogen and oxygen atoms in total. The lowest BCUT2D eigenvalue weighted by molar-refractivity contribution is -0.384. The van der Waals surface area contributed by atoms with E-state index in [1.807, 2.05) is 6.92 Å². The molecule has 0 bridgehead atoms. The first-order valence-electron chi connectivity index (χ1n) is 6.11. The lowest BCUT2D eigenvalue weighted by Crippen LogP contribution is -2.12. The second kappa shape index (κ2) is 5.52. The average Bonchev–Trinajstić information content (AvgIpc) is 2.80. The van der Waals surface area contributed by atoms with Crippen LogP contribution in [0, 0.1) is 17.0 Å². The van der Waals surface area contributed by atoms with Crippen LogP contribution >= 0.6 is 0 Å². The van der Waals surface area contributed by atoms with Crippen LogP contribution in [0.15, 0.2) is 30.5 Å². The van der Waals surface area contributed by atoms with Crippen molar-refractivity contribution >= 4 is 17.3 Å². The number of non-ortho nitro benzene ring substituents is 1. The van der Waals surface area contributed by atoms with E-state index in [1.165, 1.54) is 24.3 Å². The number of nitro groups is 1. The Morgan fingerprint density at radius 1 is 1.40 bits per heavy atom. The summed E-state index contributed by atoms with van der Waals surface area (Å²) in [4.78, 5) is 22.1. The molecule has 2 rings (SSSR count). The second-order valence-electron chi connectivity index (χ2n) is 4.24. The number of amides is 1. The summed E-state index contributed by atoms with van der Waals surface area (Å²) < 4.78 is 1.68. The van der Waals surface area contributed by atoms with Crippen molar-refractivity contribution in [3.8, 4) is 0 Å². The summed E-state index contributed by atoms with van der Waals surface area (Å²) in [5.41, 5.74) is 1.62. The summed E-state index contributed by atoms with van der Waals surface area (Å²) in [5, 5.41) is 17.4. The Bertz CT molecular complexity index is 646. The Morgan fingerprint density at radius 3 is 2.55 bits per heavy atom. The van der Waals surface area contributed by atoms with E-state index in [0.717, 1.165) is 0 Å². The molecule has 0 fully saturated rings. The molecule has 20 heavy (non-hydrogen) atoms. The number of anilines is 1. The number of hydrogen-bond acceptors (Lipinski definition) is 4. The number of nitrogens with zero attached hydrogens (tertiary/aromatic N) is 3. The van der Waals surface area contributed by atoms with Crippen LogP contribution < -0.4 is 5.32 Å². The topological polar surface area (TPSA) is 90.1 Å². The van der Waals surface area contributed by atoms with Gasteiger partial charge in [-0.3, -0.25) is 19.6 Å². The third kappa shape index (κ3) is 2.82. The quantitative estimate of drug-likeness (QED) is 0.684. The van der Waals surface area contributed by atoms with Gasteiger partial charge in [0, 0.05) is 30.6 Å². The Balaban J connectivity index is 2.14. The normalized spacial score (nSPS) is 10.3. The monoisotopic (exact) mass is 274 g/mol. The molecule has 0 aliphatic rings. The average molecular weight is 274 g/mol. The maximum atomic E-state index is 12.1. The maximum absolute atomic E-state index is 12.1. The third-order valence-electron chi connectivity index (χ3n) is 2.85. The molecule has 0 atom stereocenters. The summed E-state index contributed by atoms with van der Waals surface area (Å²) in [6, 6.07) is 5.68. The molecule has 7 heteroatoms. The van der Waals surface area contributed by atoms with Crippen LogP contribution in [-0.2, 0) is 6.54 Å². The molecule has 0 aliphatic heterocycles. The first-order valence-corrected chi connectivity index (χ1v) is 6.11. The number of benzene rings is 1. The standard InChI is InChI=1S/C13H14N4O3/c1-3-16-8-12(9(2)15-16)13(18)14-10-4-6-11(7-5-10)17(19)20/h4-8H,3H2,1-2H3,(H,14,18). The lowest BCUT2D eigenvalue weighted by atomic mass is 10.2. The van der Waals surface area contributed by atoms with Crippen molar-refractivity contribution in [1.82, 2.24) is 9.78 Å². The van der Waals surface area contributed by atoms with Gasteiger partial charge in [0.15, 0.2) is 0 Å². The SMILES string of the molecule is CCn1cc(C(=O)Nc2ccc([N+](=O)[O-])cc2)c(C)n1. The number of carbonyl (C=O) groups excluding carboxylic acids is 1. The Kier molecular flexibility index (Phi) is 3.79. The van der Waals surface area contributed by atoms with Gasteiger partial charge in [0.05, 0.1) is 16.2 Å². The van der Waals surface area contributed by atoms with Crippen LogP contribution in [-0.4, -0.2) is 20.6 Å². The maximum Gasteiger partial charge on any atom is 0.269 e. The highest BCUT2D eigenvalue weighted by Gasteiger charge is 2.13. The van der Waals surface area contributed by atoms with E-state index < -0.39 is 4.92 Å². The molecule has 0 aliphatic carbocycles. The summed E-state index contributed by atoms with van der Waals surface area (Å²) in [6.07, 6.45) is 1.68. The molecule has 1 N–H and O–H groups in total. The Hall–Kier alpha value is -2.70. The highest BCUT2D eigenvalue weighted by atomic mass is 16.6. The number of rotatable bonds is 4. The third-order valence-corrected chi connectivity index (χ3v) is 2.85. The van der Waals surface area contributed by atoms with Gasteiger partial charge in [-0.15, -0.1) is 0 Å². The van der Waals surface area contributed by atoms with Gasteiger partial charge >= 0.3 is 0 Å². The fraction of sp³-hybridized carbons (Fsp3) is 0.231. The van der Waals surface area contributed by atoms with Gasteiger partial charge in [-0.2, -0.15) is 5.10 Å². The minimum absolute atomic E-state index is 0.0158. The fourth-order valence-electron chi connectivity index (χ4n) is 1.77. The minimum Gasteiger partial charge on any atom is -0.322 e. The smallest absolute Gasteiger partial charge is 0.269 e. The lowest BCUT2D eigenvalue weighted by Gasteiger charge is -2.03. The molecule has 1 aromatic heterocycles. The predicted octanol–water partition coefficient (Wildman–Crippen LogP) is 2.37. The van der Waals surface area contributed by atoms with E-state index in [4.69, 9.17) is 0 Å². The van der Waals surface area contributed by atoms with Gasteiger partial charge in [0.1, 0.15) is 0 Å². The molecule has 0 spiro atoms. The van der Waals surface area contributed by atoms with Crippen molar-refractivity contribution < 1.29 is 9.72 Å². The summed E-state index contributed by atoms with van der Waals surface area (Å²) >= 11 is 0. The van der Waals surface area contributed by atoms with Crippen molar-refractivity contribution in [2.24, 2.45) is 0 Å². The van der Waals surface area contributed by atoms with E-state index >= 15 is 0 Å². The molecule has 0 unspecified atom stereocenters. The zero-order chi connectivity index (χ0) is 14.7. The van der Waals surface area contributed by atoms with E-state index in [9.17, 15) is 14.9 Å². The summed E-state index contributed by atoms with van der Waals surface area (Å²) in [7, 11) is 0. The van der Waals surface area contributed by atoms with Crippen molar-refractivity contribution in [2.75, 3.05) is 5.32 Å². The Morgan fingerprint density at radius 2 is 2.05 bits per heavy atom. The summed E-state index contributed by atoms with van der Waals surface area (Å²) in [5.74, 6) is -0.281. The number of carbonyl (C=O) groups is 1. The summed E-state index contributed by atoms with van der Waals surface area (Å²) in [6.45, 7) is 4.38. The van der Waals surface area contributed by atoms with Gasteiger partial charge in [0.25, 0.3) is 11.6 Å². The highest BCUT2D eigenvalue weighted by Crippen LogP contribution is 2.16. The van der Waals surface area contributed by atoms with Gasteiger partial charge in [0.2, 0.25) is 0 Å². The first kappa shape index (κ1) is 13.7. The van der Waals surface area contributed by atoms with Crippen LogP contribution in [0.2, 0.25) is 0 Å². The fourth-order valence-corrected chi connectivity index (χ4v) is 1.77. The van der Waals surface area contributed by atoms with E-state index in [0.29, 0.717) is 23.5 Å². The molecule has 0 saturated carbocycles. The minimum atomic E-state index is -0.485. The molecule has 2 aromatic rings. The number of aromatic nitrogens is 2. The van der Waals surface area contributed by atoms with Crippen LogP contribution in [0.1, 0.15) is 23.0 Å². The largest absolute Gasteiger partial charge is 0.322 e. The molecule has 0 radical (unpaired) electrons. The molecule has 1 amide bonds. The van der Waals surface area contributed by atoms with E-state index in [-0.39, 0.29) is 11.6 Å². The van der Waals surface area contributed by atoms with E-state index in [1.54, 1.807) is 17.8 Å². The van der Waals surface area contributed by atoms with Crippen molar-refractivity contribution in [1.29, 1.82) is 0 Å². The van der Waals surface area contributed by atoms with Crippen molar-refractivity contribution in [2.45, 2.75) is 20.4 Å². The van der Waals surface area contributed by atoms with Crippen LogP contribution in [0.3, 0.4) is 0 Å². The van der Waals surface area contributed by atoms with Gasteiger partial charge < -0.3 is 5.32 Å². The molecular formula is C13H14N4O3.